The molecule has 0 bridgehead atoms. The van der Waals surface area contributed by atoms with E-state index in [9.17, 15) is 0 Å². The number of likely N-dealkylation sites (N-methyl/N-ethyl adjacent to an activating group) is 1. The van der Waals surface area contributed by atoms with E-state index in [2.05, 4.69) is 29.8 Å². The first-order valence-corrected chi connectivity index (χ1v) is 6.58. The molecule has 1 aliphatic rings. The number of nitrogens with zero attached hydrogens (tertiary/aromatic N) is 3. The summed E-state index contributed by atoms with van der Waals surface area (Å²) in [5.74, 6) is 1.02. The van der Waals surface area contributed by atoms with Gasteiger partial charge >= 0.3 is 0 Å². The Morgan fingerprint density at radius 3 is 2.78 bits per heavy atom. The van der Waals surface area contributed by atoms with Gasteiger partial charge in [0.2, 0.25) is 0 Å². The zero-order valence-corrected chi connectivity index (χ0v) is 11.0. The highest BCUT2D eigenvalue weighted by Crippen LogP contribution is 2.27. The van der Waals surface area contributed by atoms with Gasteiger partial charge in [-0.25, -0.2) is 4.98 Å². The summed E-state index contributed by atoms with van der Waals surface area (Å²) in [7, 11) is 2.16. The van der Waals surface area contributed by atoms with Crippen LogP contribution in [0.25, 0.3) is 11.0 Å². The Morgan fingerprint density at radius 2 is 2.06 bits per heavy atom. The van der Waals surface area contributed by atoms with Crippen molar-refractivity contribution < 1.29 is 4.42 Å². The summed E-state index contributed by atoms with van der Waals surface area (Å²) in [6, 6.07) is 4.15. The van der Waals surface area contributed by atoms with E-state index in [1.807, 2.05) is 6.07 Å². The Kier molecular flexibility index (Phi) is 2.96. The van der Waals surface area contributed by atoms with Gasteiger partial charge in [-0.05, 0) is 25.6 Å². The minimum atomic E-state index is 0.928. The SMILES string of the molecule is CCc1cc2ccoc2c(N2CCN(C)CC2)n1. The number of hydrogen-bond donors (Lipinski definition) is 0. The Morgan fingerprint density at radius 1 is 1.28 bits per heavy atom. The van der Waals surface area contributed by atoms with Gasteiger partial charge in [0.25, 0.3) is 0 Å². The van der Waals surface area contributed by atoms with Gasteiger partial charge in [0.05, 0.1) is 6.26 Å². The van der Waals surface area contributed by atoms with Gasteiger partial charge in [-0.2, -0.15) is 0 Å². The number of hydrogen-bond acceptors (Lipinski definition) is 4. The molecule has 4 heteroatoms. The van der Waals surface area contributed by atoms with E-state index in [0.717, 1.165) is 55.1 Å². The largest absolute Gasteiger partial charge is 0.460 e. The molecule has 0 unspecified atom stereocenters. The third-order valence-corrected chi connectivity index (χ3v) is 3.64. The first-order chi connectivity index (χ1) is 8.78. The van der Waals surface area contributed by atoms with Gasteiger partial charge in [0.1, 0.15) is 0 Å². The first kappa shape index (κ1) is 11.5. The normalized spacial score (nSPS) is 17.6. The maximum absolute atomic E-state index is 5.61. The van der Waals surface area contributed by atoms with Crippen LogP contribution in [-0.2, 0) is 6.42 Å². The number of aromatic nitrogens is 1. The maximum Gasteiger partial charge on any atom is 0.176 e. The molecule has 0 spiro atoms. The van der Waals surface area contributed by atoms with E-state index in [0.29, 0.717) is 0 Å². The predicted octanol–water partition coefficient (Wildman–Crippen LogP) is 2.14. The lowest BCUT2D eigenvalue weighted by Gasteiger charge is -2.33. The lowest BCUT2D eigenvalue weighted by molar-refractivity contribution is 0.312. The van der Waals surface area contributed by atoms with Crippen LogP contribution in [0.3, 0.4) is 0 Å². The molecule has 0 N–H and O–H groups in total. The number of rotatable bonds is 2. The third kappa shape index (κ3) is 1.97. The van der Waals surface area contributed by atoms with E-state index in [1.54, 1.807) is 6.26 Å². The number of anilines is 1. The summed E-state index contributed by atoms with van der Waals surface area (Å²) in [6.07, 6.45) is 2.72. The quantitative estimate of drug-likeness (QED) is 0.811. The van der Waals surface area contributed by atoms with Gasteiger partial charge in [-0.1, -0.05) is 6.92 Å². The Hall–Kier alpha value is -1.55. The average Bonchev–Trinajstić information content (AvgIpc) is 2.86. The number of aryl methyl sites for hydroxylation is 1. The Balaban J connectivity index is 2.01. The van der Waals surface area contributed by atoms with Gasteiger partial charge in [-0.3, -0.25) is 0 Å². The molecule has 0 aliphatic carbocycles. The third-order valence-electron chi connectivity index (χ3n) is 3.64. The van der Waals surface area contributed by atoms with Gasteiger partial charge in [0, 0.05) is 37.3 Å². The minimum Gasteiger partial charge on any atom is -0.460 e. The predicted molar refractivity (Wildman–Crippen MR) is 73.1 cm³/mol. The van der Waals surface area contributed by atoms with Crippen LogP contribution >= 0.6 is 0 Å². The highest BCUT2D eigenvalue weighted by Gasteiger charge is 2.19. The van der Waals surface area contributed by atoms with E-state index in [-0.39, 0.29) is 0 Å². The van der Waals surface area contributed by atoms with Crippen molar-refractivity contribution in [1.82, 2.24) is 9.88 Å². The standard InChI is InChI=1S/C14H19N3O/c1-3-12-10-11-4-9-18-13(11)14(15-12)17-7-5-16(2)6-8-17/h4,9-10H,3,5-8H2,1-2H3. The summed E-state index contributed by atoms with van der Waals surface area (Å²) in [5.41, 5.74) is 2.06. The van der Waals surface area contributed by atoms with E-state index < -0.39 is 0 Å². The fourth-order valence-electron chi connectivity index (χ4n) is 2.43. The topological polar surface area (TPSA) is 32.5 Å². The number of piperazine rings is 1. The second-order valence-electron chi connectivity index (χ2n) is 4.92. The van der Waals surface area contributed by atoms with Crippen LogP contribution in [0, 0.1) is 0 Å². The van der Waals surface area contributed by atoms with Crippen molar-refractivity contribution in [2.45, 2.75) is 13.3 Å². The molecule has 4 nitrogen and oxygen atoms in total. The minimum absolute atomic E-state index is 0.928. The molecule has 0 saturated carbocycles. The molecule has 0 amide bonds. The summed E-state index contributed by atoms with van der Waals surface area (Å²) in [6.45, 7) is 6.35. The van der Waals surface area contributed by atoms with E-state index >= 15 is 0 Å². The molecule has 0 atom stereocenters. The van der Waals surface area contributed by atoms with Crippen molar-refractivity contribution in [2.24, 2.45) is 0 Å². The smallest absolute Gasteiger partial charge is 0.176 e. The van der Waals surface area contributed by atoms with Crippen LogP contribution in [0.15, 0.2) is 22.8 Å². The van der Waals surface area contributed by atoms with E-state index in [4.69, 9.17) is 9.40 Å². The molecule has 1 saturated heterocycles. The molecule has 2 aromatic heterocycles. The van der Waals surface area contributed by atoms with Gasteiger partial charge < -0.3 is 14.2 Å². The van der Waals surface area contributed by atoms with Crippen molar-refractivity contribution in [1.29, 1.82) is 0 Å². The lowest BCUT2D eigenvalue weighted by Crippen LogP contribution is -2.44. The Labute approximate surface area is 107 Å². The highest BCUT2D eigenvalue weighted by atomic mass is 16.3. The zero-order chi connectivity index (χ0) is 12.5. The van der Waals surface area contributed by atoms with E-state index in [1.165, 1.54) is 0 Å². The molecular weight excluding hydrogens is 226 g/mol. The number of fused-ring (bicyclic) bond motifs is 1. The van der Waals surface area contributed by atoms with Gasteiger partial charge in [-0.15, -0.1) is 0 Å². The van der Waals surface area contributed by atoms with Crippen LogP contribution < -0.4 is 4.90 Å². The average molecular weight is 245 g/mol. The Bertz CT molecular complexity index is 541. The van der Waals surface area contributed by atoms with Crippen molar-refractivity contribution >= 4 is 16.8 Å². The molecule has 96 valence electrons. The monoisotopic (exact) mass is 245 g/mol. The summed E-state index contributed by atoms with van der Waals surface area (Å²) >= 11 is 0. The first-order valence-electron chi connectivity index (χ1n) is 6.58. The molecule has 3 rings (SSSR count). The lowest BCUT2D eigenvalue weighted by atomic mass is 10.2. The van der Waals surface area contributed by atoms with Crippen molar-refractivity contribution in [3.8, 4) is 0 Å². The molecular formula is C14H19N3O. The van der Waals surface area contributed by atoms with Crippen molar-refractivity contribution in [2.75, 3.05) is 38.1 Å². The summed E-state index contributed by atoms with van der Waals surface area (Å²) in [4.78, 5) is 9.44. The van der Waals surface area contributed by atoms with Crippen molar-refractivity contribution in [3.63, 3.8) is 0 Å². The van der Waals surface area contributed by atoms with Gasteiger partial charge in [0.15, 0.2) is 11.4 Å². The molecule has 3 heterocycles. The second kappa shape index (κ2) is 4.61. The van der Waals surface area contributed by atoms with Crippen LogP contribution in [0.5, 0.6) is 0 Å². The summed E-state index contributed by atoms with van der Waals surface area (Å²) in [5, 5.41) is 1.16. The number of furan rings is 1. The molecule has 0 aromatic carbocycles. The second-order valence-corrected chi connectivity index (χ2v) is 4.92. The van der Waals surface area contributed by atoms with Crippen LogP contribution in [0.2, 0.25) is 0 Å². The highest BCUT2D eigenvalue weighted by molar-refractivity contribution is 5.87. The van der Waals surface area contributed by atoms with Crippen LogP contribution in [0.4, 0.5) is 5.82 Å². The molecule has 18 heavy (non-hydrogen) atoms. The van der Waals surface area contributed by atoms with Crippen LogP contribution in [-0.4, -0.2) is 43.1 Å². The maximum atomic E-state index is 5.61. The van der Waals surface area contributed by atoms with Crippen LogP contribution in [0.1, 0.15) is 12.6 Å². The molecule has 1 fully saturated rings. The fraction of sp³-hybridized carbons (Fsp3) is 0.500. The van der Waals surface area contributed by atoms with Crippen molar-refractivity contribution in [3.05, 3.63) is 24.1 Å². The zero-order valence-electron chi connectivity index (χ0n) is 11.0. The number of pyridine rings is 1. The summed E-state index contributed by atoms with van der Waals surface area (Å²) < 4.78 is 5.61. The fourth-order valence-corrected chi connectivity index (χ4v) is 2.43. The molecule has 1 aliphatic heterocycles. The molecule has 0 radical (unpaired) electrons. The molecule has 2 aromatic rings.